The van der Waals surface area contributed by atoms with Gasteiger partial charge in [0.15, 0.2) is 0 Å². The number of nitrogens with one attached hydrogen (secondary N) is 1. The zero-order valence-electron chi connectivity index (χ0n) is 13.3. The molecule has 2 N–H and O–H groups in total. The van der Waals surface area contributed by atoms with Crippen LogP contribution in [0.5, 0.6) is 0 Å². The summed E-state index contributed by atoms with van der Waals surface area (Å²) in [7, 11) is 2.21. The molecule has 0 aromatic carbocycles. The van der Waals surface area contributed by atoms with Crippen LogP contribution in [0.2, 0.25) is 0 Å². The minimum absolute atomic E-state index is 0.103. The summed E-state index contributed by atoms with van der Waals surface area (Å²) in [4.78, 5) is 4.99. The summed E-state index contributed by atoms with van der Waals surface area (Å²) in [5.74, 6) is 0. The Hall–Kier alpha value is -0.160. The van der Waals surface area contributed by atoms with Crippen LogP contribution in [0, 0.1) is 0 Å². The van der Waals surface area contributed by atoms with Gasteiger partial charge in [0.1, 0.15) is 0 Å². The molecule has 1 saturated heterocycles. The third kappa shape index (κ3) is 5.78. The second-order valence-corrected chi connectivity index (χ2v) is 6.38. The highest BCUT2D eigenvalue weighted by molar-refractivity contribution is 4.83. The molecule has 1 heterocycles. The maximum atomic E-state index is 9.54. The number of hydrogen-bond acceptors (Lipinski definition) is 4. The fourth-order valence-electron chi connectivity index (χ4n) is 2.67. The normalized spacial score (nSPS) is 25.4. The van der Waals surface area contributed by atoms with E-state index in [1.54, 1.807) is 0 Å². The molecule has 19 heavy (non-hydrogen) atoms. The van der Waals surface area contributed by atoms with Crippen LogP contribution in [0.4, 0.5) is 0 Å². The molecular formula is C15H33N3O. The van der Waals surface area contributed by atoms with Crippen molar-refractivity contribution in [1.82, 2.24) is 15.1 Å². The van der Waals surface area contributed by atoms with Crippen LogP contribution in [0.25, 0.3) is 0 Å². The molecule has 4 heteroatoms. The lowest BCUT2D eigenvalue weighted by Gasteiger charge is -2.38. The van der Waals surface area contributed by atoms with Crippen molar-refractivity contribution in [3.05, 3.63) is 0 Å². The van der Waals surface area contributed by atoms with Crippen LogP contribution in [-0.4, -0.2) is 72.9 Å². The molecule has 0 aromatic rings. The van der Waals surface area contributed by atoms with E-state index in [4.69, 9.17) is 0 Å². The first kappa shape index (κ1) is 16.9. The molecule has 4 nitrogen and oxygen atoms in total. The molecule has 0 amide bonds. The monoisotopic (exact) mass is 271 g/mol. The van der Waals surface area contributed by atoms with Gasteiger partial charge in [-0.1, -0.05) is 6.92 Å². The van der Waals surface area contributed by atoms with E-state index in [-0.39, 0.29) is 12.1 Å². The minimum Gasteiger partial charge on any atom is -0.394 e. The maximum Gasteiger partial charge on any atom is 0.0610 e. The Bertz CT molecular complexity index is 250. The third-order valence-electron chi connectivity index (χ3n) is 4.40. The van der Waals surface area contributed by atoms with E-state index in [9.17, 15) is 5.11 Å². The van der Waals surface area contributed by atoms with Gasteiger partial charge >= 0.3 is 0 Å². The highest BCUT2D eigenvalue weighted by atomic mass is 16.3. The number of aliphatic hydroxyl groups is 1. The second-order valence-electron chi connectivity index (χ2n) is 6.38. The van der Waals surface area contributed by atoms with E-state index >= 15 is 0 Å². The number of hydrogen-bond donors (Lipinski definition) is 2. The van der Waals surface area contributed by atoms with Crippen LogP contribution >= 0.6 is 0 Å². The average molecular weight is 271 g/mol. The molecule has 0 spiro atoms. The van der Waals surface area contributed by atoms with Crippen molar-refractivity contribution in [2.75, 3.05) is 46.4 Å². The van der Waals surface area contributed by atoms with Crippen LogP contribution in [0.15, 0.2) is 0 Å². The van der Waals surface area contributed by atoms with Crippen molar-refractivity contribution < 1.29 is 5.11 Å². The average Bonchev–Trinajstić information content (AvgIpc) is 2.40. The fourth-order valence-corrected chi connectivity index (χ4v) is 2.67. The largest absolute Gasteiger partial charge is 0.394 e. The molecule has 0 aromatic heterocycles. The molecule has 2 unspecified atom stereocenters. The Kier molecular flexibility index (Phi) is 7.29. The zero-order valence-corrected chi connectivity index (χ0v) is 13.3. The van der Waals surface area contributed by atoms with Gasteiger partial charge in [0, 0.05) is 31.2 Å². The van der Waals surface area contributed by atoms with E-state index < -0.39 is 0 Å². The number of rotatable bonds is 8. The van der Waals surface area contributed by atoms with Crippen LogP contribution in [0.3, 0.4) is 0 Å². The van der Waals surface area contributed by atoms with Gasteiger partial charge in [-0.25, -0.2) is 0 Å². The number of piperazine rings is 1. The summed E-state index contributed by atoms with van der Waals surface area (Å²) in [6.45, 7) is 12.5. The number of nitrogens with zero attached hydrogens (tertiary/aromatic N) is 2. The van der Waals surface area contributed by atoms with Gasteiger partial charge in [-0.2, -0.15) is 0 Å². The summed E-state index contributed by atoms with van der Waals surface area (Å²) in [6, 6.07) is 0.663. The quantitative estimate of drug-likeness (QED) is 0.695. The van der Waals surface area contributed by atoms with Crippen molar-refractivity contribution in [3.8, 4) is 0 Å². The lowest BCUT2D eigenvalue weighted by atomic mass is 9.96. The zero-order chi connectivity index (χ0) is 14.3. The summed E-state index contributed by atoms with van der Waals surface area (Å²) in [5, 5.41) is 13.0. The van der Waals surface area contributed by atoms with Crippen LogP contribution in [-0.2, 0) is 0 Å². The van der Waals surface area contributed by atoms with Gasteiger partial charge in [-0.15, -0.1) is 0 Å². The molecule has 0 saturated carbocycles. The van der Waals surface area contributed by atoms with Crippen LogP contribution in [0.1, 0.15) is 40.0 Å². The predicted molar refractivity (Wildman–Crippen MR) is 81.6 cm³/mol. The van der Waals surface area contributed by atoms with Gasteiger partial charge in [0.05, 0.1) is 6.61 Å². The highest BCUT2D eigenvalue weighted by Crippen LogP contribution is 2.14. The van der Waals surface area contributed by atoms with E-state index in [0.717, 1.165) is 32.4 Å². The second kappa shape index (κ2) is 8.20. The van der Waals surface area contributed by atoms with E-state index in [1.807, 2.05) is 0 Å². The molecular weight excluding hydrogens is 238 g/mol. The van der Waals surface area contributed by atoms with Crippen molar-refractivity contribution >= 4 is 0 Å². The van der Waals surface area contributed by atoms with Gasteiger partial charge in [0.25, 0.3) is 0 Å². The topological polar surface area (TPSA) is 38.7 Å². The minimum atomic E-state index is -0.103. The van der Waals surface area contributed by atoms with Gasteiger partial charge in [0.2, 0.25) is 0 Å². The summed E-state index contributed by atoms with van der Waals surface area (Å²) in [6.07, 6.45) is 3.32. The standard InChI is InChI=1S/C15H33N3O/c1-5-8-16-15(3,13-19)7-6-9-18-11-10-17(4)14(2)12-18/h14,16,19H,5-13H2,1-4H3. The first-order chi connectivity index (χ1) is 9.00. The lowest BCUT2D eigenvalue weighted by Crippen LogP contribution is -2.51. The molecule has 0 bridgehead atoms. The van der Waals surface area contributed by atoms with E-state index in [0.29, 0.717) is 6.04 Å². The van der Waals surface area contributed by atoms with Gasteiger partial charge in [-0.3, -0.25) is 0 Å². The molecule has 1 aliphatic heterocycles. The molecule has 0 aliphatic carbocycles. The molecule has 114 valence electrons. The Labute approximate surface area is 119 Å². The Balaban J connectivity index is 2.25. The molecule has 2 atom stereocenters. The van der Waals surface area contributed by atoms with E-state index in [2.05, 4.69) is 42.9 Å². The number of aliphatic hydroxyl groups excluding tert-OH is 1. The van der Waals surface area contributed by atoms with Gasteiger partial charge < -0.3 is 20.2 Å². The van der Waals surface area contributed by atoms with Crippen molar-refractivity contribution in [3.63, 3.8) is 0 Å². The lowest BCUT2D eigenvalue weighted by molar-refractivity contribution is 0.0977. The van der Waals surface area contributed by atoms with Crippen LogP contribution < -0.4 is 5.32 Å². The Morgan fingerprint density at radius 3 is 2.68 bits per heavy atom. The highest BCUT2D eigenvalue weighted by Gasteiger charge is 2.24. The van der Waals surface area contributed by atoms with E-state index in [1.165, 1.54) is 19.6 Å². The third-order valence-corrected chi connectivity index (χ3v) is 4.40. The first-order valence-corrected chi connectivity index (χ1v) is 7.79. The summed E-state index contributed by atoms with van der Waals surface area (Å²) >= 11 is 0. The molecule has 0 radical (unpaired) electrons. The SMILES string of the molecule is CCCNC(C)(CO)CCCN1CCN(C)C(C)C1. The van der Waals surface area contributed by atoms with Crippen molar-refractivity contribution in [2.24, 2.45) is 0 Å². The molecule has 1 rings (SSSR count). The van der Waals surface area contributed by atoms with Gasteiger partial charge in [-0.05, 0) is 53.2 Å². The Morgan fingerprint density at radius 1 is 1.37 bits per heavy atom. The Morgan fingerprint density at radius 2 is 2.11 bits per heavy atom. The summed E-state index contributed by atoms with van der Waals surface area (Å²) in [5.41, 5.74) is -0.103. The maximum absolute atomic E-state index is 9.54. The molecule has 1 fully saturated rings. The van der Waals surface area contributed by atoms with Crippen molar-refractivity contribution in [2.45, 2.75) is 51.6 Å². The first-order valence-electron chi connectivity index (χ1n) is 7.79. The summed E-state index contributed by atoms with van der Waals surface area (Å²) < 4.78 is 0. The van der Waals surface area contributed by atoms with Crippen molar-refractivity contribution in [1.29, 1.82) is 0 Å². The molecule has 1 aliphatic rings. The fraction of sp³-hybridized carbons (Fsp3) is 1.00. The number of likely N-dealkylation sites (N-methyl/N-ethyl adjacent to an activating group) is 1. The smallest absolute Gasteiger partial charge is 0.0610 e. The predicted octanol–water partition coefficient (Wildman–Crippen LogP) is 1.15.